The molecule has 1 aliphatic carbocycles. The molecule has 1 fully saturated rings. The van der Waals surface area contributed by atoms with Crippen LogP contribution in [0.15, 0.2) is 36.0 Å². The predicted octanol–water partition coefficient (Wildman–Crippen LogP) is 3.19. The zero-order valence-corrected chi connectivity index (χ0v) is 11.8. The molecule has 3 rings (SSSR count). The molecule has 2 aromatic rings. The first kappa shape index (κ1) is 12.6. The predicted molar refractivity (Wildman–Crippen MR) is 77.7 cm³/mol. The van der Waals surface area contributed by atoms with E-state index in [4.69, 9.17) is 4.74 Å². The van der Waals surface area contributed by atoms with Crippen molar-refractivity contribution < 1.29 is 4.74 Å². The number of rotatable bonds is 5. The summed E-state index contributed by atoms with van der Waals surface area (Å²) in [4.78, 5) is 5.40. The number of hydrogen-bond donors (Lipinski definition) is 1. The quantitative estimate of drug-likeness (QED) is 0.909. The first-order valence-corrected chi connectivity index (χ1v) is 7.48. The van der Waals surface area contributed by atoms with Crippen molar-refractivity contribution in [3.63, 3.8) is 0 Å². The van der Waals surface area contributed by atoms with E-state index >= 15 is 0 Å². The molecule has 0 amide bonds. The maximum atomic E-state index is 5.18. The molecule has 3 nitrogen and oxygen atoms in total. The molecule has 1 aromatic heterocycles. The molecule has 0 spiro atoms. The Bertz CT molecular complexity index is 503. The molecule has 1 aliphatic rings. The molecular formula is C15H18N2OS. The summed E-state index contributed by atoms with van der Waals surface area (Å²) in [6, 6.07) is 9.11. The minimum atomic E-state index is 0.647. The van der Waals surface area contributed by atoms with E-state index in [2.05, 4.69) is 22.4 Å². The van der Waals surface area contributed by atoms with Crippen molar-refractivity contribution in [2.24, 2.45) is 0 Å². The molecule has 1 heterocycles. The van der Waals surface area contributed by atoms with Gasteiger partial charge < -0.3 is 10.1 Å². The third-order valence-electron chi connectivity index (χ3n) is 3.77. The molecule has 19 heavy (non-hydrogen) atoms. The SMILES string of the molecule is COc1ccc(C2CC(NCc3cncs3)C2)cc1. The number of aromatic nitrogens is 1. The number of methoxy groups -OCH3 is 1. The lowest BCUT2D eigenvalue weighted by molar-refractivity contribution is 0.290. The monoisotopic (exact) mass is 274 g/mol. The van der Waals surface area contributed by atoms with E-state index in [0.29, 0.717) is 12.0 Å². The fourth-order valence-electron chi connectivity index (χ4n) is 2.51. The summed E-state index contributed by atoms with van der Waals surface area (Å²) in [7, 11) is 1.71. The Morgan fingerprint density at radius 2 is 2.11 bits per heavy atom. The Kier molecular flexibility index (Phi) is 3.80. The molecule has 100 valence electrons. The molecule has 0 saturated heterocycles. The second kappa shape index (κ2) is 5.72. The number of ether oxygens (including phenoxy) is 1. The van der Waals surface area contributed by atoms with E-state index in [1.54, 1.807) is 18.4 Å². The van der Waals surface area contributed by atoms with Gasteiger partial charge in [0.1, 0.15) is 5.75 Å². The van der Waals surface area contributed by atoms with Gasteiger partial charge in [0.2, 0.25) is 0 Å². The number of thiazole rings is 1. The van der Waals surface area contributed by atoms with Gasteiger partial charge in [-0.2, -0.15) is 0 Å². The van der Waals surface area contributed by atoms with Crippen LogP contribution in [0.4, 0.5) is 0 Å². The van der Waals surface area contributed by atoms with Gasteiger partial charge in [0, 0.05) is 23.7 Å². The summed E-state index contributed by atoms with van der Waals surface area (Å²) < 4.78 is 5.18. The van der Waals surface area contributed by atoms with Crippen LogP contribution in [0.25, 0.3) is 0 Å². The largest absolute Gasteiger partial charge is 0.497 e. The van der Waals surface area contributed by atoms with Crippen molar-refractivity contribution in [2.45, 2.75) is 31.3 Å². The highest BCUT2D eigenvalue weighted by molar-refractivity contribution is 7.09. The first-order valence-electron chi connectivity index (χ1n) is 6.60. The van der Waals surface area contributed by atoms with Gasteiger partial charge in [0.15, 0.2) is 0 Å². The average Bonchev–Trinajstić information content (AvgIpc) is 2.91. The molecule has 0 radical (unpaired) electrons. The van der Waals surface area contributed by atoms with Gasteiger partial charge >= 0.3 is 0 Å². The highest BCUT2D eigenvalue weighted by Crippen LogP contribution is 2.37. The Morgan fingerprint density at radius 1 is 1.32 bits per heavy atom. The van der Waals surface area contributed by atoms with Crippen LogP contribution in [0.5, 0.6) is 5.75 Å². The van der Waals surface area contributed by atoms with E-state index in [1.165, 1.54) is 23.3 Å². The van der Waals surface area contributed by atoms with Crippen LogP contribution in [0.1, 0.15) is 29.2 Å². The fourth-order valence-corrected chi connectivity index (χ4v) is 3.05. The lowest BCUT2D eigenvalue weighted by Crippen LogP contribution is -2.39. The zero-order valence-electron chi connectivity index (χ0n) is 11.0. The van der Waals surface area contributed by atoms with E-state index in [-0.39, 0.29) is 0 Å². The van der Waals surface area contributed by atoms with Crippen molar-refractivity contribution in [2.75, 3.05) is 7.11 Å². The number of hydrogen-bond acceptors (Lipinski definition) is 4. The van der Waals surface area contributed by atoms with Crippen LogP contribution in [-0.2, 0) is 6.54 Å². The summed E-state index contributed by atoms with van der Waals surface area (Å²) in [5.41, 5.74) is 3.31. The van der Waals surface area contributed by atoms with Crippen molar-refractivity contribution in [1.82, 2.24) is 10.3 Å². The van der Waals surface area contributed by atoms with E-state index in [1.807, 2.05) is 23.8 Å². The van der Waals surface area contributed by atoms with E-state index in [9.17, 15) is 0 Å². The smallest absolute Gasteiger partial charge is 0.118 e. The maximum Gasteiger partial charge on any atom is 0.118 e. The molecule has 0 atom stereocenters. The topological polar surface area (TPSA) is 34.1 Å². The third kappa shape index (κ3) is 2.96. The van der Waals surface area contributed by atoms with Crippen molar-refractivity contribution in [3.05, 3.63) is 46.4 Å². The molecule has 0 aliphatic heterocycles. The molecule has 4 heteroatoms. The molecule has 0 bridgehead atoms. The van der Waals surface area contributed by atoms with Crippen molar-refractivity contribution in [3.8, 4) is 5.75 Å². The Balaban J connectivity index is 1.46. The van der Waals surface area contributed by atoms with Crippen molar-refractivity contribution >= 4 is 11.3 Å². The van der Waals surface area contributed by atoms with Gasteiger partial charge in [-0.05, 0) is 36.5 Å². The number of nitrogens with one attached hydrogen (secondary N) is 1. The zero-order chi connectivity index (χ0) is 13.1. The van der Waals surface area contributed by atoms with Gasteiger partial charge in [-0.25, -0.2) is 0 Å². The summed E-state index contributed by atoms with van der Waals surface area (Å²) >= 11 is 1.71. The molecular weight excluding hydrogens is 256 g/mol. The highest BCUT2D eigenvalue weighted by Gasteiger charge is 2.29. The van der Waals surface area contributed by atoms with Crippen LogP contribution in [0.3, 0.4) is 0 Å². The molecule has 0 unspecified atom stereocenters. The Morgan fingerprint density at radius 3 is 2.74 bits per heavy atom. The van der Waals surface area contributed by atoms with Gasteiger partial charge in [0.25, 0.3) is 0 Å². The fraction of sp³-hybridized carbons (Fsp3) is 0.400. The molecule has 1 N–H and O–H groups in total. The van der Waals surface area contributed by atoms with Gasteiger partial charge in [-0.1, -0.05) is 12.1 Å². The maximum absolute atomic E-state index is 5.18. The Labute approximate surface area is 117 Å². The standard InChI is InChI=1S/C15H18N2OS/c1-18-14-4-2-11(3-5-14)12-6-13(7-12)17-9-15-8-16-10-19-15/h2-5,8,10,12-13,17H,6-7,9H2,1H3. The average molecular weight is 274 g/mol. The second-order valence-electron chi connectivity index (χ2n) is 4.99. The molecule has 1 saturated carbocycles. The lowest BCUT2D eigenvalue weighted by atomic mass is 9.76. The van der Waals surface area contributed by atoms with Crippen LogP contribution in [0, 0.1) is 0 Å². The summed E-state index contributed by atoms with van der Waals surface area (Å²) in [5.74, 6) is 1.63. The first-order chi connectivity index (χ1) is 9.35. The van der Waals surface area contributed by atoms with Crippen LogP contribution in [0.2, 0.25) is 0 Å². The minimum Gasteiger partial charge on any atom is -0.497 e. The van der Waals surface area contributed by atoms with Crippen LogP contribution < -0.4 is 10.1 Å². The minimum absolute atomic E-state index is 0.647. The highest BCUT2D eigenvalue weighted by atomic mass is 32.1. The second-order valence-corrected chi connectivity index (χ2v) is 5.96. The summed E-state index contributed by atoms with van der Waals surface area (Å²) in [5, 5.41) is 3.59. The summed E-state index contributed by atoms with van der Waals surface area (Å²) in [6.45, 7) is 0.949. The Hall–Kier alpha value is -1.39. The number of benzene rings is 1. The van der Waals surface area contributed by atoms with E-state index < -0.39 is 0 Å². The van der Waals surface area contributed by atoms with E-state index in [0.717, 1.165) is 12.3 Å². The van der Waals surface area contributed by atoms with Gasteiger partial charge in [-0.15, -0.1) is 11.3 Å². The normalized spacial score (nSPS) is 21.9. The van der Waals surface area contributed by atoms with Crippen LogP contribution in [-0.4, -0.2) is 18.1 Å². The number of nitrogens with zero attached hydrogens (tertiary/aromatic N) is 1. The van der Waals surface area contributed by atoms with Crippen molar-refractivity contribution in [1.29, 1.82) is 0 Å². The van der Waals surface area contributed by atoms with Gasteiger partial charge in [0.05, 0.1) is 12.6 Å². The third-order valence-corrected chi connectivity index (χ3v) is 4.55. The van der Waals surface area contributed by atoms with Gasteiger partial charge in [-0.3, -0.25) is 4.98 Å². The van der Waals surface area contributed by atoms with Crippen LogP contribution >= 0.6 is 11.3 Å². The molecule has 1 aromatic carbocycles. The summed E-state index contributed by atoms with van der Waals surface area (Å²) in [6.07, 6.45) is 4.40. The lowest BCUT2D eigenvalue weighted by Gasteiger charge is -2.36.